The van der Waals surface area contributed by atoms with E-state index in [0.717, 1.165) is 11.3 Å². The van der Waals surface area contributed by atoms with Gasteiger partial charge in [-0.1, -0.05) is 70.9 Å². The predicted molar refractivity (Wildman–Crippen MR) is 107 cm³/mol. The fourth-order valence-corrected chi connectivity index (χ4v) is 3.85. The second-order valence-electron chi connectivity index (χ2n) is 5.07. The maximum Gasteiger partial charge on any atom is 0.236 e. The minimum absolute atomic E-state index is 0.0993. The largest absolute Gasteiger partial charge is 0.300 e. The highest BCUT2D eigenvalue weighted by atomic mass is 35.5. The average Bonchev–Trinajstić information content (AvgIpc) is 3.06. The lowest BCUT2D eigenvalue weighted by Crippen LogP contribution is -2.13. The number of anilines is 1. The maximum atomic E-state index is 12.0. The number of amides is 1. The third kappa shape index (κ3) is 5.19. The van der Waals surface area contributed by atoms with Crippen LogP contribution in [0.3, 0.4) is 0 Å². The highest BCUT2D eigenvalue weighted by molar-refractivity contribution is 7.99. The summed E-state index contributed by atoms with van der Waals surface area (Å²) in [5.41, 5.74) is 2.00. The summed E-state index contributed by atoms with van der Waals surface area (Å²) in [5, 5.41) is 12.9. The Hall–Kier alpha value is -1.60. The van der Waals surface area contributed by atoms with Crippen molar-refractivity contribution in [1.29, 1.82) is 0 Å². The van der Waals surface area contributed by atoms with E-state index in [1.807, 2.05) is 36.4 Å². The molecule has 4 nitrogen and oxygen atoms in total. The molecule has 8 heteroatoms. The number of halogens is 2. The van der Waals surface area contributed by atoms with Gasteiger partial charge in [-0.15, -0.1) is 22.0 Å². The number of carbonyl (C=O) groups is 1. The van der Waals surface area contributed by atoms with Crippen molar-refractivity contribution in [2.45, 2.75) is 5.75 Å². The summed E-state index contributed by atoms with van der Waals surface area (Å²) < 4.78 is 0. The van der Waals surface area contributed by atoms with Gasteiger partial charge in [0.25, 0.3) is 0 Å². The molecule has 25 heavy (non-hydrogen) atoms. The molecule has 128 valence electrons. The first-order valence-corrected chi connectivity index (χ1v) is 10.0. The fourth-order valence-electron chi connectivity index (χ4n) is 2.01. The maximum absolute atomic E-state index is 12.0. The predicted octanol–water partition coefficient (Wildman–Crippen LogP) is 5.38. The zero-order valence-electron chi connectivity index (χ0n) is 12.9. The van der Waals surface area contributed by atoms with Crippen molar-refractivity contribution in [3.8, 4) is 10.6 Å². The lowest BCUT2D eigenvalue weighted by atomic mass is 10.2. The van der Waals surface area contributed by atoms with Gasteiger partial charge >= 0.3 is 0 Å². The molecule has 2 aromatic carbocycles. The number of thioether (sulfide) groups is 1. The molecule has 1 amide bonds. The number of nitrogens with one attached hydrogen (secondary N) is 1. The summed E-state index contributed by atoms with van der Waals surface area (Å²) in [6.45, 7) is 0. The van der Waals surface area contributed by atoms with Crippen LogP contribution < -0.4 is 5.32 Å². The van der Waals surface area contributed by atoms with Crippen LogP contribution in [0.1, 0.15) is 5.56 Å². The normalized spacial score (nSPS) is 10.6. The summed E-state index contributed by atoms with van der Waals surface area (Å²) in [6.07, 6.45) is 0. The monoisotopic (exact) mass is 409 g/mol. The van der Waals surface area contributed by atoms with Gasteiger partial charge in [0.1, 0.15) is 5.01 Å². The van der Waals surface area contributed by atoms with Crippen LogP contribution in [-0.4, -0.2) is 21.9 Å². The van der Waals surface area contributed by atoms with Crippen LogP contribution in [0.2, 0.25) is 10.0 Å². The van der Waals surface area contributed by atoms with Gasteiger partial charge in [0.2, 0.25) is 11.0 Å². The zero-order valence-corrected chi connectivity index (χ0v) is 16.1. The molecule has 1 aromatic heterocycles. The third-order valence-electron chi connectivity index (χ3n) is 3.18. The van der Waals surface area contributed by atoms with Gasteiger partial charge < -0.3 is 0 Å². The lowest BCUT2D eigenvalue weighted by molar-refractivity contribution is -0.113. The molecule has 0 aliphatic heterocycles. The van der Waals surface area contributed by atoms with Gasteiger partial charge in [0.15, 0.2) is 0 Å². The smallest absolute Gasteiger partial charge is 0.236 e. The fraction of sp³-hybridized carbons (Fsp3) is 0.118. The zero-order chi connectivity index (χ0) is 17.6. The molecule has 0 radical (unpaired) electrons. The van der Waals surface area contributed by atoms with Crippen molar-refractivity contribution >= 4 is 57.3 Å². The minimum Gasteiger partial charge on any atom is -0.300 e. The molecular formula is C17H13Cl2N3OS2. The standard InChI is InChI=1S/C17H13Cl2N3OS2/c18-13-7-6-12(8-14(13)19)16-21-22-17(25-16)20-15(23)10-24-9-11-4-2-1-3-5-11/h1-8H,9-10H2,(H,20,22,23). The molecule has 0 saturated carbocycles. The summed E-state index contributed by atoms with van der Waals surface area (Å²) in [5.74, 6) is 1.05. The first kappa shape index (κ1) is 18.2. The number of aromatic nitrogens is 2. The Morgan fingerprint density at radius 3 is 2.64 bits per heavy atom. The Labute approximate surface area is 163 Å². The van der Waals surface area contributed by atoms with Crippen LogP contribution in [-0.2, 0) is 10.5 Å². The quantitative estimate of drug-likeness (QED) is 0.593. The lowest BCUT2D eigenvalue weighted by Gasteiger charge is -2.02. The van der Waals surface area contributed by atoms with Gasteiger partial charge in [-0.2, -0.15) is 0 Å². The van der Waals surface area contributed by atoms with Crippen molar-refractivity contribution in [2.75, 3.05) is 11.1 Å². The Balaban J connectivity index is 1.54. The Kier molecular flexibility index (Phi) is 6.31. The van der Waals surface area contributed by atoms with Gasteiger partial charge in [0.05, 0.1) is 15.8 Å². The molecular weight excluding hydrogens is 397 g/mol. The van der Waals surface area contributed by atoms with Crippen LogP contribution in [0.25, 0.3) is 10.6 Å². The SMILES string of the molecule is O=C(CSCc1ccccc1)Nc1nnc(-c2ccc(Cl)c(Cl)c2)s1. The molecule has 0 atom stereocenters. The number of rotatable bonds is 6. The summed E-state index contributed by atoms with van der Waals surface area (Å²) in [4.78, 5) is 12.0. The average molecular weight is 410 g/mol. The van der Waals surface area contributed by atoms with E-state index in [1.165, 1.54) is 16.9 Å². The van der Waals surface area contributed by atoms with E-state index < -0.39 is 0 Å². The molecule has 0 aliphatic rings. The topological polar surface area (TPSA) is 54.9 Å². The molecule has 3 rings (SSSR count). The van der Waals surface area contributed by atoms with E-state index in [0.29, 0.717) is 25.9 Å². The first-order valence-electron chi connectivity index (χ1n) is 7.32. The van der Waals surface area contributed by atoms with Crippen molar-refractivity contribution in [2.24, 2.45) is 0 Å². The van der Waals surface area contributed by atoms with E-state index >= 15 is 0 Å². The van der Waals surface area contributed by atoms with E-state index in [1.54, 1.807) is 23.9 Å². The molecule has 0 bridgehead atoms. The molecule has 3 aromatic rings. The van der Waals surface area contributed by atoms with Crippen LogP contribution in [0.5, 0.6) is 0 Å². The molecule has 0 saturated heterocycles. The van der Waals surface area contributed by atoms with E-state index in [-0.39, 0.29) is 5.91 Å². The van der Waals surface area contributed by atoms with Crippen molar-refractivity contribution in [3.05, 3.63) is 64.1 Å². The summed E-state index contributed by atoms with van der Waals surface area (Å²) >= 11 is 14.8. The van der Waals surface area contributed by atoms with Crippen molar-refractivity contribution in [1.82, 2.24) is 10.2 Å². The van der Waals surface area contributed by atoms with Gasteiger partial charge in [0, 0.05) is 11.3 Å². The number of hydrogen-bond acceptors (Lipinski definition) is 5. The molecule has 1 heterocycles. The van der Waals surface area contributed by atoms with Gasteiger partial charge in [-0.3, -0.25) is 10.1 Å². The van der Waals surface area contributed by atoms with Crippen LogP contribution >= 0.6 is 46.3 Å². The van der Waals surface area contributed by atoms with Crippen LogP contribution in [0, 0.1) is 0 Å². The molecule has 0 aliphatic carbocycles. The number of hydrogen-bond donors (Lipinski definition) is 1. The number of benzene rings is 2. The Bertz CT molecular complexity index is 871. The number of nitrogens with zero attached hydrogens (tertiary/aromatic N) is 2. The van der Waals surface area contributed by atoms with Crippen LogP contribution in [0.4, 0.5) is 5.13 Å². The Morgan fingerprint density at radius 2 is 1.88 bits per heavy atom. The third-order valence-corrected chi connectivity index (χ3v) is 5.81. The Morgan fingerprint density at radius 1 is 1.08 bits per heavy atom. The number of carbonyl (C=O) groups excluding carboxylic acids is 1. The minimum atomic E-state index is -0.0993. The van der Waals surface area contributed by atoms with E-state index in [2.05, 4.69) is 15.5 Å². The molecule has 0 unspecified atom stereocenters. The van der Waals surface area contributed by atoms with Gasteiger partial charge in [-0.25, -0.2) is 0 Å². The van der Waals surface area contributed by atoms with E-state index in [9.17, 15) is 4.79 Å². The summed E-state index contributed by atoms with van der Waals surface area (Å²) in [6, 6.07) is 15.3. The highest BCUT2D eigenvalue weighted by Gasteiger charge is 2.11. The molecule has 0 fully saturated rings. The summed E-state index contributed by atoms with van der Waals surface area (Å²) in [7, 11) is 0. The second kappa shape index (κ2) is 8.67. The van der Waals surface area contributed by atoms with Crippen LogP contribution in [0.15, 0.2) is 48.5 Å². The second-order valence-corrected chi connectivity index (χ2v) is 7.85. The van der Waals surface area contributed by atoms with Crippen molar-refractivity contribution < 1.29 is 4.79 Å². The molecule has 0 spiro atoms. The molecule has 1 N–H and O–H groups in total. The first-order chi connectivity index (χ1) is 12.1. The van der Waals surface area contributed by atoms with E-state index in [4.69, 9.17) is 23.2 Å². The van der Waals surface area contributed by atoms with Crippen molar-refractivity contribution in [3.63, 3.8) is 0 Å². The van der Waals surface area contributed by atoms with Gasteiger partial charge in [-0.05, 0) is 17.7 Å². The highest BCUT2D eigenvalue weighted by Crippen LogP contribution is 2.31.